The molecule has 29 heavy (non-hydrogen) atoms. The van der Waals surface area contributed by atoms with Crippen LogP contribution in [0.4, 0.5) is 0 Å². The summed E-state index contributed by atoms with van der Waals surface area (Å²) >= 11 is 0. The first-order valence-electron chi connectivity index (χ1n) is 7.84. The number of ether oxygens (including phenoxy) is 1. The fourth-order valence-electron chi connectivity index (χ4n) is 2.22. The van der Waals surface area contributed by atoms with Gasteiger partial charge in [-0.25, -0.2) is 0 Å². The normalized spacial score (nSPS) is 10.4. The van der Waals surface area contributed by atoms with E-state index in [4.69, 9.17) is 4.74 Å². The molecule has 0 aliphatic carbocycles. The maximum Gasteiger partial charge on any atom is 0.299 e. The monoisotopic (exact) mass is 407 g/mol. The lowest BCUT2D eigenvalue weighted by Gasteiger charge is -2.13. The Labute approximate surface area is 162 Å². The second-order valence-electron chi connectivity index (χ2n) is 5.12. The van der Waals surface area contributed by atoms with Gasteiger partial charge in [-0.1, -0.05) is 24.3 Å². The van der Waals surface area contributed by atoms with Crippen LogP contribution >= 0.6 is 0 Å². The number of hydrogen-bond acceptors (Lipinski definition) is 10. The van der Waals surface area contributed by atoms with Gasteiger partial charge in [-0.3, -0.25) is 14.5 Å². The Morgan fingerprint density at radius 2 is 1.41 bits per heavy atom. The zero-order valence-corrected chi connectivity index (χ0v) is 14.8. The Kier molecular flexibility index (Phi) is 6.84. The zero-order valence-electron chi connectivity index (χ0n) is 14.8. The molecule has 0 aliphatic heterocycles. The lowest BCUT2D eigenvalue weighted by molar-refractivity contribution is -0.713. The van der Waals surface area contributed by atoms with Gasteiger partial charge in [-0.05, 0) is 30.7 Å². The van der Waals surface area contributed by atoms with Crippen LogP contribution in [0, 0.1) is 30.3 Å². The van der Waals surface area contributed by atoms with Crippen molar-refractivity contribution in [2.24, 2.45) is 0 Å². The standard InChI is InChI=1S/C16H13N3O10/c1-2-26-16-12(6-3-11-4-7-13(8-5-11)27-17(20)21)9-14(28-18(22)23)10-15(16)29-19(24)25/h3-10H,2H2,1H3/b6-3+. The molecule has 0 bridgehead atoms. The van der Waals surface area contributed by atoms with E-state index in [1.54, 1.807) is 13.0 Å². The Hall–Kier alpha value is -4.42. The molecule has 152 valence electrons. The van der Waals surface area contributed by atoms with Crippen molar-refractivity contribution < 1.29 is 34.5 Å². The summed E-state index contributed by atoms with van der Waals surface area (Å²) in [4.78, 5) is 44.8. The van der Waals surface area contributed by atoms with E-state index in [0.717, 1.165) is 6.07 Å². The topological polar surface area (TPSA) is 166 Å². The van der Waals surface area contributed by atoms with E-state index in [-0.39, 0.29) is 35.2 Å². The third-order valence-electron chi connectivity index (χ3n) is 3.21. The largest absolute Gasteiger partial charge is 0.491 e. The Morgan fingerprint density at radius 3 is 1.97 bits per heavy atom. The molecule has 2 aromatic carbocycles. The van der Waals surface area contributed by atoms with Gasteiger partial charge in [0, 0.05) is 11.6 Å². The molecule has 0 unspecified atom stereocenters. The molecule has 2 rings (SSSR count). The lowest BCUT2D eigenvalue weighted by atomic mass is 10.1. The SMILES string of the molecule is CCOc1c(/C=C/c2ccc(O[N+](=O)[O-])cc2)cc(O[N+](=O)[O-])cc1O[N+](=O)[O-]. The molecule has 0 radical (unpaired) electrons. The van der Waals surface area contributed by atoms with E-state index in [2.05, 4.69) is 14.5 Å². The highest BCUT2D eigenvalue weighted by molar-refractivity contribution is 5.75. The van der Waals surface area contributed by atoms with Crippen LogP contribution in [0.15, 0.2) is 36.4 Å². The Bertz CT molecular complexity index is 943. The van der Waals surface area contributed by atoms with Crippen LogP contribution in [-0.4, -0.2) is 21.9 Å². The summed E-state index contributed by atoms with van der Waals surface area (Å²) in [6.07, 6.45) is 2.99. The van der Waals surface area contributed by atoms with E-state index in [1.807, 2.05) is 0 Å². The fourth-order valence-corrected chi connectivity index (χ4v) is 2.22. The van der Waals surface area contributed by atoms with Crippen molar-refractivity contribution >= 4 is 12.2 Å². The minimum absolute atomic E-state index is 0.0187. The molecule has 13 heteroatoms. The molecular formula is C16H13N3O10. The van der Waals surface area contributed by atoms with Gasteiger partial charge in [0.15, 0.2) is 11.5 Å². The summed E-state index contributed by atoms with van der Waals surface area (Å²) in [5, 5.41) is 28.5. The van der Waals surface area contributed by atoms with Gasteiger partial charge in [0.25, 0.3) is 15.3 Å². The maximum absolute atomic E-state index is 10.7. The molecule has 2 aromatic rings. The van der Waals surface area contributed by atoms with Crippen LogP contribution < -0.4 is 19.2 Å². The van der Waals surface area contributed by atoms with E-state index >= 15 is 0 Å². The minimum atomic E-state index is -1.09. The fraction of sp³-hybridized carbons (Fsp3) is 0.125. The van der Waals surface area contributed by atoms with Crippen LogP contribution in [0.2, 0.25) is 0 Å². The van der Waals surface area contributed by atoms with Crippen molar-refractivity contribution in [2.75, 3.05) is 6.61 Å². The average Bonchev–Trinajstić information content (AvgIpc) is 2.62. The molecule has 0 aliphatic rings. The van der Waals surface area contributed by atoms with Crippen LogP contribution in [0.3, 0.4) is 0 Å². The van der Waals surface area contributed by atoms with Crippen LogP contribution in [0.5, 0.6) is 23.0 Å². The van der Waals surface area contributed by atoms with Crippen molar-refractivity contribution in [3.63, 3.8) is 0 Å². The van der Waals surface area contributed by atoms with Crippen molar-refractivity contribution in [1.29, 1.82) is 0 Å². The van der Waals surface area contributed by atoms with Crippen LogP contribution in [0.25, 0.3) is 12.2 Å². The number of benzene rings is 2. The average molecular weight is 407 g/mol. The van der Waals surface area contributed by atoms with E-state index < -0.39 is 15.3 Å². The lowest BCUT2D eigenvalue weighted by Crippen LogP contribution is -2.09. The molecule has 0 spiro atoms. The first-order valence-corrected chi connectivity index (χ1v) is 7.84. The van der Waals surface area contributed by atoms with Crippen molar-refractivity contribution in [1.82, 2.24) is 0 Å². The minimum Gasteiger partial charge on any atom is -0.491 e. The van der Waals surface area contributed by atoms with Crippen molar-refractivity contribution in [2.45, 2.75) is 6.92 Å². The second-order valence-corrected chi connectivity index (χ2v) is 5.12. The predicted octanol–water partition coefficient (Wildman–Crippen LogP) is 2.97. The predicted molar refractivity (Wildman–Crippen MR) is 95.8 cm³/mol. The van der Waals surface area contributed by atoms with Crippen LogP contribution in [-0.2, 0) is 0 Å². The van der Waals surface area contributed by atoms with Gasteiger partial charge in [0.1, 0.15) is 11.5 Å². The molecule has 0 saturated heterocycles. The molecule has 13 nitrogen and oxygen atoms in total. The van der Waals surface area contributed by atoms with Crippen molar-refractivity contribution in [3.8, 4) is 23.0 Å². The molecule has 0 atom stereocenters. The number of hydrogen-bond donors (Lipinski definition) is 0. The zero-order chi connectivity index (χ0) is 21.4. The molecule has 0 aromatic heterocycles. The van der Waals surface area contributed by atoms with E-state index in [1.165, 1.54) is 36.4 Å². The molecule has 0 N–H and O–H groups in total. The van der Waals surface area contributed by atoms with E-state index in [0.29, 0.717) is 5.56 Å². The first kappa shape index (κ1) is 20.9. The summed E-state index contributed by atoms with van der Waals surface area (Å²) < 4.78 is 5.38. The highest BCUT2D eigenvalue weighted by atomic mass is 17.0. The summed E-state index contributed by atoms with van der Waals surface area (Å²) in [6, 6.07) is 7.95. The quantitative estimate of drug-likeness (QED) is 0.324. The molecular weight excluding hydrogens is 394 g/mol. The van der Waals surface area contributed by atoms with Gasteiger partial charge < -0.3 is 4.74 Å². The molecule has 0 saturated carbocycles. The van der Waals surface area contributed by atoms with Crippen LogP contribution in [0.1, 0.15) is 18.1 Å². The Balaban J connectivity index is 2.41. The second kappa shape index (κ2) is 9.50. The molecule has 0 fully saturated rings. The molecule has 0 amide bonds. The summed E-state index contributed by atoms with van der Waals surface area (Å²) in [7, 11) is 0. The van der Waals surface area contributed by atoms with E-state index in [9.17, 15) is 30.3 Å². The summed E-state index contributed by atoms with van der Waals surface area (Å²) in [5.41, 5.74) is 0.786. The van der Waals surface area contributed by atoms with Gasteiger partial charge >= 0.3 is 0 Å². The highest BCUT2D eigenvalue weighted by Gasteiger charge is 2.16. The first-order chi connectivity index (χ1) is 13.8. The van der Waals surface area contributed by atoms with Gasteiger partial charge in [0.05, 0.1) is 6.61 Å². The van der Waals surface area contributed by atoms with Gasteiger partial charge in [-0.2, -0.15) is 0 Å². The third-order valence-corrected chi connectivity index (χ3v) is 3.21. The highest BCUT2D eigenvalue weighted by Crippen LogP contribution is 2.37. The van der Waals surface area contributed by atoms with Gasteiger partial charge in [0.2, 0.25) is 0 Å². The maximum atomic E-state index is 10.7. The Morgan fingerprint density at radius 1 is 0.828 bits per heavy atom. The number of rotatable bonds is 10. The van der Waals surface area contributed by atoms with Gasteiger partial charge in [-0.15, -0.1) is 30.3 Å². The summed E-state index contributed by atoms with van der Waals surface area (Å²) in [6.45, 7) is 1.77. The third kappa shape index (κ3) is 6.35. The number of nitrogens with zero attached hydrogens (tertiary/aromatic N) is 3. The molecule has 0 heterocycles. The van der Waals surface area contributed by atoms with Crippen molar-refractivity contribution in [3.05, 3.63) is 77.9 Å². The summed E-state index contributed by atoms with van der Waals surface area (Å²) in [5.74, 6) is -0.704. The smallest absolute Gasteiger partial charge is 0.299 e.